The third kappa shape index (κ3) is 3.22. The minimum absolute atomic E-state index is 0.326. The summed E-state index contributed by atoms with van der Waals surface area (Å²) in [6, 6.07) is 2.47. The van der Waals surface area contributed by atoms with Crippen LogP contribution in [0.3, 0.4) is 0 Å². The van der Waals surface area contributed by atoms with E-state index in [0.717, 1.165) is 29.5 Å². The van der Waals surface area contributed by atoms with Crippen molar-refractivity contribution in [2.75, 3.05) is 0 Å². The zero-order chi connectivity index (χ0) is 14.0. The molecule has 1 unspecified atom stereocenters. The molecule has 0 aliphatic heterocycles. The minimum Gasteiger partial charge on any atom is -0.304 e. The molecule has 0 aliphatic rings. The van der Waals surface area contributed by atoms with Gasteiger partial charge in [-0.05, 0) is 40.7 Å². The average molecular weight is 278 g/mol. The monoisotopic (exact) mass is 278 g/mol. The van der Waals surface area contributed by atoms with E-state index >= 15 is 0 Å². The lowest BCUT2D eigenvalue weighted by Crippen LogP contribution is -2.20. The SMILES string of the molecule is CCn1nc(C)cc1CNC(C)c1sc(C)nc1C. The van der Waals surface area contributed by atoms with Gasteiger partial charge in [-0.15, -0.1) is 11.3 Å². The Hall–Kier alpha value is -1.20. The van der Waals surface area contributed by atoms with Crippen molar-refractivity contribution < 1.29 is 0 Å². The summed E-state index contributed by atoms with van der Waals surface area (Å²) in [6.07, 6.45) is 0. The molecule has 0 aromatic carbocycles. The van der Waals surface area contributed by atoms with Crippen LogP contribution in [-0.4, -0.2) is 14.8 Å². The third-order valence-corrected chi connectivity index (χ3v) is 4.46. The summed E-state index contributed by atoms with van der Waals surface area (Å²) < 4.78 is 2.06. The summed E-state index contributed by atoms with van der Waals surface area (Å²) in [7, 11) is 0. The van der Waals surface area contributed by atoms with E-state index in [1.165, 1.54) is 10.6 Å². The van der Waals surface area contributed by atoms with Gasteiger partial charge in [0.05, 0.1) is 22.1 Å². The molecule has 1 N–H and O–H groups in total. The maximum Gasteiger partial charge on any atom is 0.0900 e. The van der Waals surface area contributed by atoms with E-state index in [4.69, 9.17) is 0 Å². The van der Waals surface area contributed by atoms with Crippen LogP contribution in [0.2, 0.25) is 0 Å². The van der Waals surface area contributed by atoms with E-state index in [-0.39, 0.29) is 0 Å². The van der Waals surface area contributed by atoms with E-state index in [1.54, 1.807) is 11.3 Å². The van der Waals surface area contributed by atoms with Gasteiger partial charge in [0.25, 0.3) is 0 Å². The smallest absolute Gasteiger partial charge is 0.0900 e. The zero-order valence-electron chi connectivity index (χ0n) is 12.3. The number of nitrogens with one attached hydrogen (secondary N) is 1. The minimum atomic E-state index is 0.326. The van der Waals surface area contributed by atoms with Crippen LogP contribution < -0.4 is 5.32 Å². The van der Waals surface area contributed by atoms with Gasteiger partial charge in [0.15, 0.2) is 0 Å². The van der Waals surface area contributed by atoms with Crippen LogP contribution in [-0.2, 0) is 13.1 Å². The number of nitrogens with zero attached hydrogens (tertiary/aromatic N) is 3. The highest BCUT2D eigenvalue weighted by molar-refractivity contribution is 7.11. The molecule has 0 bridgehead atoms. The van der Waals surface area contributed by atoms with Crippen LogP contribution in [0.4, 0.5) is 0 Å². The predicted molar refractivity (Wildman–Crippen MR) is 79.5 cm³/mol. The first-order valence-electron chi connectivity index (χ1n) is 6.72. The van der Waals surface area contributed by atoms with Gasteiger partial charge >= 0.3 is 0 Å². The van der Waals surface area contributed by atoms with Crippen molar-refractivity contribution in [3.8, 4) is 0 Å². The number of hydrogen-bond acceptors (Lipinski definition) is 4. The summed E-state index contributed by atoms with van der Waals surface area (Å²) in [5.41, 5.74) is 3.46. The van der Waals surface area contributed by atoms with Crippen molar-refractivity contribution in [2.24, 2.45) is 0 Å². The lowest BCUT2D eigenvalue weighted by Gasteiger charge is -2.13. The summed E-state index contributed by atoms with van der Waals surface area (Å²) in [5.74, 6) is 0. The molecule has 2 aromatic rings. The topological polar surface area (TPSA) is 42.7 Å². The average Bonchev–Trinajstić information content (AvgIpc) is 2.88. The van der Waals surface area contributed by atoms with Crippen LogP contribution in [0.15, 0.2) is 6.07 Å². The van der Waals surface area contributed by atoms with E-state index < -0.39 is 0 Å². The second-order valence-corrected chi connectivity index (χ2v) is 6.11. The maximum atomic E-state index is 4.49. The number of rotatable bonds is 5. The Morgan fingerprint density at radius 1 is 1.37 bits per heavy atom. The molecule has 2 rings (SSSR count). The summed E-state index contributed by atoms with van der Waals surface area (Å²) in [4.78, 5) is 5.82. The first kappa shape index (κ1) is 14.2. The Morgan fingerprint density at radius 2 is 2.11 bits per heavy atom. The van der Waals surface area contributed by atoms with Crippen LogP contribution in [0, 0.1) is 20.8 Å². The van der Waals surface area contributed by atoms with Crippen LogP contribution in [0.25, 0.3) is 0 Å². The third-order valence-electron chi connectivity index (χ3n) is 3.21. The fraction of sp³-hybridized carbons (Fsp3) is 0.571. The first-order chi connectivity index (χ1) is 9.01. The molecule has 0 amide bonds. The Morgan fingerprint density at radius 3 is 2.68 bits per heavy atom. The summed E-state index contributed by atoms with van der Waals surface area (Å²) in [6.45, 7) is 12.2. The lowest BCUT2D eigenvalue weighted by molar-refractivity contribution is 0.533. The van der Waals surface area contributed by atoms with Gasteiger partial charge in [-0.25, -0.2) is 4.98 Å². The van der Waals surface area contributed by atoms with Crippen molar-refractivity contribution in [3.63, 3.8) is 0 Å². The van der Waals surface area contributed by atoms with Crippen molar-refractivity contribution in [3.05, 3.63) is 33.0 Å². The zero-order valence-corrected chi connectivity index (χ0v) is 13.1. The van der Waals surface area contributed by atoms with Gasteiger partial charge in [0, 0.05) is 24.0 Å². The molecule has 1 atom stereocenters. The molecule has 0 spiro atoms. The Labute approximate surface area is 118 Å². The number of hydrogen-bond donors (Lipinski definition) is 1. The molecule has 0 saturated carbocycles. The van der Waals surface area contributed by atoms with E-state index in [0.29, 0.717) is 6.04 Å². The van der Waals surface area contributed by atoms with E-state index in [1.807, 2.05) is 6.92 Å². The molecule has 2 heterocycles. The van der Waals surface area contributed by atoms with Crippen LogP contribution >= 0.6 is 11.3 Å². The van der Waals surface area contributed by atoms with Gasteiger partial charge in [-0.1, -0.05) is 0 Å². The van der Waals surface area contributed by atoms with Gasteiger partial charge < -0.3 is 5.32 Å². The fourth-order valence-electron chi connectivity index (χ4n) is 2.31. The predicted octanol–water partition coefficient (Wildman–Crippen LogP) is 3.14. The number of aromatic nitrogens is 3. The van der Waals surface area contributed by atoms with Gasteiger partial charge in [0.1, 0.15) is 0 Å². The Balaban J connectivity index is 2.04. The number of thiazole rings is 1. The standard InChI is InChI=1S/C14H22N4S/c1-6-18-13(7-9(2)17-18)8-15-10(3)14-11(4)16-12(5)19-14/h7,10,15H,6,8H2,1-5H3. The molecule has 0 fully saturated rings. The Kier molecular flexibility index (Phi) is 4.37. The highest BCUT2D eigenvalue weighted by atomic mass is 32.1. The summed E-state index contributed by atoms with van der Waals surface area (Å²) >= 11 is 1.78. The molecule has 4 nitrogen and oxygen atoms in total. The molecule has 5 heteroatoms. The molecule has 0 aliphatic carbocycles. The molecule has 19 heavy (non-hydrogen) atoms. The fourth-order valence-corrected chi connectivity index (χ4v) is 3.27. The molecule has 104 valence electrons. The molecular weight excluding hydrogens is 256 g/mol. The lowest BCUT2D eigenvalue weighted by atomic mass is 10.2. The van der Waals surface area contributed by atoms with E-state index in [9.17, 15) is 0 Å². The second kappa shape index (κ2) is 5.84. The quantitative estimate of drug-likeness (QED) is 0.913. The second-order valence-electron chi connectivity index (χ2n) is 4.88. The normalized spacial score (nSPS) is 12.9. The largest absolute Gasteiger partial charge is 0.304 e. The molecule has 2 aromatic heterocycles. The van der Waals surface area contributed by atoms with Crippen LogP contribution in [0.1, 0.15) is 46.9 Å². The Bertz CT molecular complexity index is 556. The molecule has 0 radical (unpaired) electrons. The summed E-state index contributed by atoms with van der Waals surface area (Å²) in [5, 5.41) is 9.17. The highest BCUT2D eigenvalue weighted by Gasteiger charge is 2.13. The highest BCUT2D eigenvalue weighted by Crippen LogP contribution is 2.24. The molecular formula is C14H22N4S. The maximum absolute atomic E-state index is 4.49. The van der Waals surface area contributed by atoms with Crippen LogP contribution in [0.5, 0.6) is 0 Å². The van der Waals surface area contributed by atoms with Crippen molar-refractivity contribution in [2.45, 2.75) is 53.8 Å². The number of aryl methyl sites for hydroxylation is 4. The first-order valence-corrected chi connectivity index (χ1v) is 7.53. The van der Waals surface area contributed by atoms with Crippen molar-refractivity contribution in [1.29, 1.82) is 0 Å². The van der Waals surface area contributed by atoms with Crippen molar-refractivity contribution >= 4 is 11.3 Å². The molecule has 0 saturated heterocycles. The van der Waals surface area contributed by atoms with Gasteiger partial charge in [-0.3, -0.25) is 4.68 Å². The van der Waals surface area contributed by atoms with E-state index in [2.05, 4.69) is 53.8 Å². The van der Waals surface area contributed by atoms with Crippen molar-refractivity contribution in [1.82, 2.24) is 20.1 Å². The van der Waals surface area contributed by atoms with Gasteiger partial charge in [0.2, 0.25) is 0 Å². The van der Waals surface area contributed by atoms with Gasteiger partial charge in [-0.2, -0.15) is 5.10 Å².